The number of furan rings is 1. The highest BCUT2D eigenvalue weighted by Gasteiger charge is 2.23. The van der Waals surface area contributed by atoms with Crippen molar-refractivity contribution in [1.82, 2.24) is 9.73 Å². The summed E-state index contributed by atoms with van der Waals surface area (Å²) >= 11 is 0. The molecule has 0 aliphatic rings. The van der Waals surface area contributed by atoms with Crippen LogP contribution in [0.15, 0.2) is 22.8 Å². The van der Waals surface area contributed by atoms with Crippen LogP contribution in [0.25, 0.3) is 0 Å². The molecule has 0 fully saturated rings. The van der Waals surface area contributed by atoms with E-state index < -0.39 is 15.9 Å². The molecule has 0 unspecified atom stereocenters. The van der Waals surface area contributed by atoms with Gasteiger partial charge in [-0.3, -0.25) is 10.2 Å². The molecule has 7 nitrogen and oxygen atoms in total. The second-order valence-electron chi connectivity index (χ2n) is 3.32. The minimum absolute atomic E-state index is 0.0105. The van der Waals surface area contributed by atoms with E-state index in [1.54, 1.807) is 12.1 Å². The molecule has 0 saturated carbocycles. The first-order chi connectivity index (χ1) is 7.99. The van der Waals surface area contributed by atoms with E-state index in [-0.39, 0.29) is 18.8 Å². The van der Waals surface area contributed by atoms with Gasteiger partial charge in [0.15, 0.2) is 0 Å². The zero-order valence-corrected chi connectivity index (χ0v) is 10.2. The zero-order valence-electron chi connectivity index (χ0n) is 9.42. The molecule has 1 aromatic heterocycles. The maximum absolute atomic E-state index is 11.7. The summed E-state index contributed by atoms with van der Waals surface area (Å²) in [6.07, 6.45) is 1.44. The fourth-order valence-electron chi connectivity index (χ4n) is 1.22. The van der Waals surface area contributed by atoms with Crippen LogP contribution in [0.5, 0.6) is 0 Å². The molecular formula is C9H15N3O4S. The van der Waals surface area contributed by atoms with Crippen LogP contribution in [0, 0.1) is 0 Å². The molecule has 0 bridgehead atoms. The quantitative estimate of drug-likeness (QED) is 0.405. The molecule has 1 amide bonds. The lowest BCUT2D eigenvalue weighted by Crippen LogP contribution is -2.43. The maximum atomic E-state index is 11.7. The fourth-order valence-corrected chi connectivity index (χ4v) is 2.22. The molecule has 0 aromatic carbocycles. The van der Waals surface area contributed by atoms with E-state index in [0.717, 1.165) is 4.31 Å². The summed E-state index contributed by atoms with van der Waals surface area (Å²) in [5.41, 5.74) is 1.90. The number of rotatable bonds is 6. The molecule has 0 aliphatic heterocycles. The Labute approximate surface area is 99.6 Å². The van der Waals surface area contributed by atoms with Gasteiger partial charge in [-0.15, -0.1) is 0 Å². The largest absolute Gasteiger partial charge is 0.468 e. The molecule has 1 rings (SSSR count). The number of hydrogen-bond acceptors (Lipinski definition) is 5. The van der Waals surface area contributed by atoms with Gasteiger partial charge in [-0.1, -0.05) is 0 Å². The van der Waals surface area contributed by atoms with Gasteiger partial charge in [0.1, 0.15) is 5.76 Å². The van der Waals surface area contributed by atoms with E-state index in [4.69, 9.17) is 10.3 Å². The first-order valence-corrected chi connectivity index (χ1v) is 6.60. The normalized spacial score (nSPS) is 11.7. The van der Waals surface area contributed by atoms with Gasteiger partial charge in [-0.25, -0.2) is 14.3 Å². The number of carbonyl (C=O) groups is 1. The van der Waals surface area contributed by atoms with Crippen molar-refractivity contribution in [3.05, 3.63) is 24.2 Å². The molecule has 0 radical (unpaired) electrons. The second-order valence-corrected chi connectivity index (χ2v) is 5.57. The Bertz CT molecular complexity index is 455. The molecule has 0 spiro atoms. The Hall–Kier alpha value is -1.38. The minimum Gasteiger partial charge on any atom is -0.468 e. The van der Waals surface area contributed by atoms with Gasteiger partial charge < -0.3 is 4.42 Å². The lowest BCUT2D eigenvalue weighted by molar-refractivity contribution is -0.121. The Morgan fingerprint density at radius 2 is 2.29 bits per heavy atom. The number of amides is 1. The molecule has 8 heteroatoms. The summed E-state index contributed by atoms with van der Waals surface area (Å²) in [7, 11) is -3.48. The van der Waals surface area contributed by atoms with Crippen molar-refractivity contribution in [2.45, 2.75) is 13.5 Å². The topological polar surface area (TPSA) is 106 Å². The number of nitrogens with two attached hydrogens (primary N) is 1. The van der Waals surface area contributed by atoms with Crippen LogP contribution in [0.2, 0.25) is 0 Å². The van der Waals surface area contributed by atoms with Crippen LogP contribution >= 0.6 is 0 Å². The van der Waals surface area contributed by atoms with Gasteiger partial charge >= 0.3 is 0 Å². The molecule has 0 saturated heterocycles. The number of nitrogens with one attached hydrogen (secondary N) is 1. The molecule has 96 valence electrons. The predicted octanol–water partition coefficient (Wildman–Crippen LogP) is -0.579. The third-order valence-corrected chi connectivity index (χ3v) is 3.93. The number of hydrazine groups is 1. The summed E-state index contributed by atoms with van der Waals surface area (Å²) in [5, 5.41) is 0. The molecule has 1 heterocycles. The fraction of sp³-hybridized carbons (Fsp3) is 0.444. The molecule has 0 atom stereocenters. The standard InChI is InChI=1S/C9H15N3O4S/c1-2-17(14,15)12(7-9(13)11-10)6-8-4-3-5-16-8/h3-5H,2,6-7,10H2,1H3,(H,11,13). The van der Waals surface area contributed by atoms with Crippen molar-refractivity contribution >= 4 is 15.9 Å². The van der Waals surface area contributed by atoms with Crippen molar-refractivity contribution in [2.75, 3.05) is 12.3 Å². The van der Waals surface area contributed by atoms with E-state index in [1.807, 2.05) is 5.43 Å². The second kappa shape index (κ2) is 5.80. The molecular weight excluding hydrogens is 246 g/mol. The third kappa shape index (κ3) is 3.84. The van der Waals surface area contributed by atoms with E-state index in [0.29, 0.717) is 5.76 Å². The summed E-state index contributed by atoms with van der Waals surface area (Å²) in [5.74, 6) is 4.73. The number of sulfonamides is 1. The van der Waals surface area contributed by atoms with E-state index in [1.165, 1.54) is 13.2 Å². The third-order valence-electron chi connectivity index (χ3n) is 2.15. The Kier molecular flexibility index (Phi) is 4.67. The Balaban J connectivity index is 2.83. The number of nitrogens with zero attached hydrogens (tertiary/aromatic N) is 1. The molecule has 1 aromatic rings. The van der Waals surface area contributed by atoms with E-state index >= 15 is 0 Å². The monoisotopic (exact) mass is 261 g/mol. The van der Waals surface area contributed by atoms with Crippen molar-refractivity contribution < 1.29 is 17.6 Å². The van der Waals surface area contributed by atoms with Crippen molar-refractivity contribution in [3.63, 3.8) is 0 Å². The highest BCUT2D eigenvalue weighted by Crippen LogP contribution is 2.10. The first kappa shape index (κ1) is 13.7. The first-order valence-electron chi connectivity index (χ1n) is 4.99. The van der Waals surface area contributed by atoms with Crippen molar-refractivity contribution in [3.8, 4) is 0 Å². The summed E-state index contributed by atoms with van der Waals surface area (Å²) in [6, 6.07) is 3.29. The summed E-state index contributed by atoms with van der Waals surface area (Å²) in [4.78, 5) is 11.1. The van der Waals surface area contributed by atoms with Gasteiger partial charge in [0.2, 0.25) is 15.9 Å². The maximum Gasteiger partial charge on any atom is 0.249 e. The zero-order chi connectivity index (χ0) is 12.9. The van der Waals surface area contributed by atoms with Crippen LogP contribution in [0.4, 0.5) is 0 Å². The van der Waals surface area contributed by atoms with Crippen molar-refractivity contribution in [2.24, 2.45) is 5.84 Å². The van der Waals surface area contributed by atoms with Gasteiger partial charge in [-0.2, -0.15) is 4.31 Å². The lowest BCUT2D eigenvalue weighted by atomic mass is 10.4. The SMILES string of the molecule is CCS(=O)(=O)N(CC(=O)NN)Cc1ccco1. The molecule has 3 N–H and O–H groups in total. The van der Waals surface area contributed by atoms with Gasteiger partial charge in [0.25, 0.3) is 0 Å². The van der Waals surface area contributed by atoms with Gasteiger partial charge in [0, 0.05) is 0 Å². The highest BCUT2D eigenvalue weighted by molar-refractivity contribution is 7.89. The predicted molar refractivity (Wildman–Crippen MR) is 60.9 cm³/mol. The minimum atomic E-state index is -3.48. The average molecular weight is 261 g/mol. The lowest BCUT2D eigenvalue weighted by Gasteiger charge is -2.19. The van der Waals surface area contributed by atoms with E-state index in [2.05, 4.69) is 0 Å². The average Bonchev–Trinajstić information content (AvgIpc) is 2.80. The number of carbonyl (C=O) groups excluding carboxylic acids is 1. The summed E-state index contributed by atoms with van der Waals surface area (Å²) in [6.45, 7) is 1.19. The number of hydrogen-bond donors (Lipinski definition) is 2. The van der Waals surface area contributed by atoms with E-state index in [9.17, 15) is 13.2 Å². The summed E-state index contributed by atoms with van der Waals surface area (Å²) < 4.78 is 29.6. The van der Waals surface area contributed by atoms with Crippen LogP contribution < -0.4 is 11.3 Å². The van der Waals surface area contributed by atoms with Crippen molar-refractivity contribution in [1.29, 1.82) is 0 Å². The van der Waals surface area contributed by atoms with Gasteiger partial charge in [0.05, 0.1) is 25.1 Å². The van der Waals surface area contributed by atoms with Crippen LogP contribution in [0.1, 0.15) is 12.7 Å². The smallest absolute Gasteiger partial charge is 0.249 e. The highest BCUT2D eigenvalue weighted by atomic mass is 32.2. The molecule has 17 heavy (non-hydrogen) atoms. The van der Waals surface area contributed by atoms with Crippen LogP contribution in [-0.2, 0) is 21.4 Å². The Morgan fingerprint density at radius 3 is 2.76 bits per heavy atom. The van der Waals surface area contributed by atoms with Gasteiger partial charge in [-0.05, 0) is 19.1 Å². The Morgan fingerprint density at radius 1 is 1.59 bits per heavy atom. The van der Waals surface area contributed by atoms with Crippen LogP contribution in [0.3, 0.4) is 0 Å². The van der Waals surface area contributed by atoms with Crippen LogP contribution in [-0.4, -0.2) is 30.9 Å². The molecule has 0 aliphatic carbocycles.